The molecule has 2 nitrogen and oxygen atoms in total. The van der Waals surface area contributed by atoms with Crippen molar-refractivity contribution in [3.8, 4) is 0 Å². The summed E-state index contributed by atoms with van der Waals surface area (Å²) in [5, 5.41) is 15.8. The molecule has 4 heteroatoms. The Morgan fingerprint density at radius 1 is 1.00 bits per heavy atom. The molecule has 1 rings (SSSR count). The van der Waals surface area contributed by atoms with Crippen molar-refractivity contribution in [2.45, 2.75) is 19.6 Å². The van der Waals surface area contributed by atoms with Gasteiger partial charge >= 0.3 is 7.69 Å². The van der Waals surface area contributed by atoms with Crippen LogP contribution >= 0.6 is 0 Å². The maximum atomic E-state index is 7.12. The van der Waals surface area contributed by atoms with E-state index in [0.29, 0.717) is 0 Å². The monoisotopic (exact) mass is 196 g/mol. The first kappa shape index (κ1) is 12.4. The summed E-state index contributed by atoms with van der Waals surface area (Å²) in [7, 11) is -1.78. The van der Waals surface area contributed by atoms with Gasteiger partial charge in [0, 0.05) is 0 Å². The van der Waals surface area contributed by atoms with E-state index in [4.69, 9.17) is 10.0 Å². The Morgan fingerprint density at radius 3 is 1.62 bits per heavy atom. The lowest BCUT2D eigenvalue weighted by molar-refractivity contribution is 0.448. The minimum absolute atomic E-state index is 0.750. The van der Waals surface area contributed by atoms with Gasteiger partial charge in [-0.05, 0) is 0 Å². The lowest BCUT2D eigenvalue weighted by atomic mass is 10.4. The zero-order valence-electron chi connectivity index (χ0n) is 8.49. The van der Waals surface area contributed by atoms with Crippen molar-refractivity contribution in [3.05, 3.63) is 30.3 Å². The summed E-state index contributed by atoms with van der Waals surface area (Å²) in [6, 6.07) is 10.8. The van der Waals surface area contributed by atoms with E-state index in [0.717, 1.165) is 0 Å². The second kappa shape index (κ2) is 5.96. The fraction of sp³-hybridized carbons (Fsp3) is 0.333. The number of benzene rings is 1. The van der Waals surface area contributed by atoms with Crippen molar-refractivity contribution >= 4 is 20.9 Å². The summed E-state index contributed by atoms with van der Waals surface area (Å²) >= 11 is 0. The highest BCUT2D eigenvalue weighted by Crippen LogP contribution is 2.00. The average molecular weight is 196 g/mol. The molecule has 2 N–H and O–H groups in total. The van der Waals surface area contributed by atoms with Crippen LogP contribution in [0.15, 0.2) is 30.3 Å². The molecule has 0 radical (unpaired) electrons. The standard InChI is InChI=1S/C9H14Si.BH3O2/c1-10(2,3)9-7-5-4-6-8-9;2-1-3/h4-8H,1-3H3;1-3H. The molecule has 0 aliphatic heterocycles. The van der Waals surface area contributed by atoms with E-state index in [1.807, 2.05) is 0 Å². The third-order valence-corrected chi connectivity index (χ3v) is 3.71. The molecule has 0 spiro atoms. The van der Waals surface area contributed by atoms with Crippen LogP contribution in [0.5, 0.6) is 0 Å². The molecule has 1 aromatic rings. The van der Waals surface area contributed by atoms with Gasteiger partial charge < -0.3 is 10.0 Å². The minimum Gasteiger partial charge on any atom is -0.430 e. The quantitative estimate of drug-likeness (QED) is 0.641. The van der Waals surface area contributed by atoms with Gasteiger partial charge in [0.15, 0.2) is 0 Å². The lowest BCUT2D eigenvalue weighted by Gasteiger charge is -2.15. The first-order valence-electron chi connectivity index (χ1n) is 4.29. The van der Waals surface area contributed by atoms with E-state index in [2.05, 4.69) is 50.0 Å². The fourth-order valence-electron chi connectivity index (χ4n) is 0.938. The van der Waals surface area contributed by atoms with Crippen molar-refractivity contribution < 1.29 is 10.0 Å². The Hall–Kier alpha value is -0.578. The van der Waals surface area contributed by atoms with Gasteiger partial charge in [0.2, 0.25) is 0 Å². The molecule has 72 valence electrons. The predicted octanol–water partition coefficient (Wildman–Crippen LogP) is 0.469. The fourth-order valence-corrected chi connectivity index (χ4v) is 2.13. The van der Waals surface area contributed by atoms with Gasteiger partial charge in [0.25, 0.3) is 0 Å². The van der Waals surface area contributed by atoms with Gasteiger partial charge in [-0.3, -0.25) is 0 Å². The second-order valence-electron chi connectivity index (χ2n) is 3.76. The molecule has 1 aromatic carbocycles. The third-order valence-electron chi connectivity index (χ3n) is 1.64. The zero-order valence-corrected chi connectivity index (χ0v) is 9.49. The third kappa shape index (κ3) is 5.63. The van der Waals surface area contributed by atoms with Crippen LogP contribution in [0.1, 0.15) is 0 Å². The largest absolute Gasteiger partial charge is 0.432 e. The van der Waals surface area contributed by atoms with Gasteiger partial charge in [0.1, 0.15) is 0 Å². The molecule has 13 heavy (non-hydrogen) atoms. The molecule has 0 atom stereocenters. The molecule has 0 bridgehead atoms. The lowest BCUT2D eigenvalue weighted by Crippen LogP contribution is -2.37. The molecule has 0 amide bonds. The maximum absolute atomic E-state index is 7.12. The van der Waals surface area contributed by atoms with E-state index in [1.165, 1.54) is 5.19 Å². The summed E-state index contributed by atoms with van der Waals surface area (Å²) in [5.41, 5.74) is 0. The average Bonchev–Trinajstić information content (AvgIpc) is 2.06. The van der Waals surface area contributed by atoms with Crippen LogP contribution in [-0.2, 0) is 0 Å². The van der Waals surface area contributed by atoms with Crippen LogP contribution < -0.4 is 5.19 Å². The van der Waals surface area contributed by atoms with Gasteiger partial charge in [-0.2, -0.15) is 0 Å². The minimum atomic E-state index is -1.03. The Balaban J connectivity index is 0.000000424. The van der Waals surface area contributed by atoms with Crippen molar-refractivity contribution in [1.82, 2.24) is 0 Å². The summed E-state index contributed by atoms with van der Waals surface area (Å²) < 4.78 is 0. The zero-order chi connectivity index (χ0) is 10.3. The normalized spacial score (nSPS) is 9.92. The maximum Gasteiger partial charge on any atom is 0.432 e. The van der Waals surface area contributed by atoms with Crippen LogP contribution in [0.3, 0.4) is 0 Å². The molecule has 0 unspecified atom stereocenters. The van der Waals surface area contributed by atoms with Crippen molar-refractivity contribution in [3.63, 3.8) is 0 Å². The molecule has 0 heterocycles. The molecule has 0 saturated carbocycles. The highest BCUT2D eigenvalue weighted by molar-refractivity contribution is 6.88. The Bertz CT molecular complexity index is 221. The Morgan fingerprint density at radius 2 is 1.38 bits per heavy atom. The summed E-state index contributed by atoms with van der Waals surface area (Å²) in [5.74, 6) is 0. The van der Waals surface area contributed by atoms with Crippen LogP contribution in [0.2, 0.25) is 19.6 Å². The van der Waals surface area contributed by atoms with E-state index >= 15 is 0 Å². The van der Waals surface area contributed by atoms with Crippen molar-refractivity contribution in [2.75, 3.05) is 0 Å². The van der Waals surface area contributed by atoms with E-state index in [9.17, 15) is 0 Å². The van der Waals surface area contributed by atoms with Crippen LogP contribution in [0, 0.1) is 0 Å². The second-order valence-corrected chi connectivity index (χ2v) is 8.83. The molecule has 0 aromatic heterocycles. The van der Waals surface area contributed by atoms with Gasteiger partial charge in [-0.25, -0.2) is 0 Å². The van der Waals surface area contributed by atoms with Gasteiger partial charge in [-0.15, -0.1) is 0 Å². The summed E-state index contributed by atoms with van der Waals surface area (Å²) in [4.78, 5) is 0. The molecule has 0 saturated heterocycles. The summed E-state index contributed by atoms with van der Waals surface area (Å²) in [6.07, 6.45) is 0. The van der Waals surface area contributed by atoms with Crippen molar-refractivity contribution in [2.24, 2.45) is 0 Å². The first-order valence-corrected chi connectivity index (χ1v) is 7.79. The Labute approximate surface area is 81.6 Å². The SMILES string of the molecule is C[Si](C)(C)c1ccccc1.OBO. The molecular formula is C9H17BO2Si. The van der Waals surface area contributed by atoms with E-state index in [1.54, 1.807) is 0 Å². The first-order chi connectivity index (χ1) is 6.02. The van der Waals surface area contributed by atoms with Crippen LogP contribution in [0.25, 0.3) is 0 Å². The van der Waals surface area contributed by atoms with Gasteiger partial charge in [0.05, 0.1) is 8.07 Å². The molecule has 0 aliphatic carbocycles. The number of rotatable bonds is 1. The number of hydrogen-bond acceptors (Lipinski definition) is 2. The smallest absolute Gasteiger partial charge is 0.430 e. The molecular weight excluding hydrogens is 179 g/mol. The van der Waals surface area contributed by atoms with Crippen LogP contribution in [0.4, 0.5) is 0 Å². The van der Waals surface area contributed by atoms with Crippen LogP contribution in [-0.4, -0.2) is 25.8 Å². The van der Waals surface area contributed by atoms with Gasteiger partial charge in [-0.1, -0.05) is 55.2 Å². The highest BCUT2D eigenvalue weighted by Gasteiger charge is 2.14. The van der Waals surface area contributed by atoms with E-state index in [-0.39, 0.29) is 0 Å². The molecule has 0 fully saturated rings. The van der Waals surface area contributed by atoms with Crippen molar-refractivity contribution in [1.29, 1.82) is 0 Å². The Kier molecular flexibility index (Phi) is 5.70. The summed E-state index contributed by atoms with van der Waals surface area (Å²) in [6.45, 7) is 7.09. The van der Waals surface area contributed by atoms with E-state index < -0.39 is 15.8 Å². The highest BCUT2D eigenvalue weighted by atomic mass is 28.3. The topological polar surface area (TPSA) is 40.5 Å². The predicted molar refractivity (Wildman–Crippen MR) is 61.0 cm³/mol. The number of hydrogen-bond donors (Lipinski definition) is 2. The molecule has 0 aliphatic rings.